The van der Waals surface area contributed by atoms with E-state index in [9.17, 15) is 0 Å². The Bertz CT molecular complexity index is 445. The molecule has 0 unspecified atom stereocenters. The van der Waals surface area contributed by atoms with Crippen LogP contribution in [0.5, 0.6) is 0 Å². The number of halogens is 1. The van der Waals surface area contributed by atoms with Crippen LogP contribution in [0.4, 0.5) is 0 Å². The van der Waals surface area contributed by atoms with Gasteiger partial charge < -0.3 is 0 Å². The first-order chi connectivity index (χ1) is 6.66. The maximum Gasteiger partial charge on any atom is 0.242 e. The fraction of sp³-hybridized carbons (Fsp3) is 0.200. The summed E-state index contributed by atoms with van der Waals surface area (Å²) in [4.78, 5) is 4.13. The van der Waals surface area contributed by atoms with E-state index in [2.05, 4.69) is 10.1 Å². The largest absolute Gasteiger partial charge is 0.247 e. The highest BCUT2D eigenvalue weighted by molar-refractivity contribution is 6.28. The smallest absolute Gasteiger partial charge is 0.242 e. The lowest BCUT2D eigenvalue weighted by atomic mass is 10.1. The van der Waals surface area contributed by atoms with Crippen molar-refractivity contribution < 1.29 is 0 Å². The second-order valence-corrected chi connectivity index (χ2v) is 3.53. The first-order valence-corrected chi connectivity index (χ1v) is 4.68. The summed E-state index contributed by atoms with van der Waals surface area (Å²) in [7, 11) is 1.83. The molecule has 0 aliphatic carbocycles. The van der Waals surface area contributed by atoms with Crippen molar-refractivity contribution in [2.24, 2.45) is 7.05 Å². The van der Waals surface area contributed by atoms with Gasteiger partial charge in [0.25, 0.3) is 0 Å². The molecule has 1 heterocycles. The average Bonchev–Trinajstić information content (AvgIpc) is 2.47. The van der Waals surface area contributed by atoms with E-state index in [1.54, 1.807) is 4.68 Å². The van der Waals surface area contributed by atoms with Crippen LogP contribution < -0.4 is 0 Å². The van der Waals surface area contributed by atoms with Crippen molar-refractivity contribution >= 4 is 11.6 Å². The fourth-order valence-electron chi connectivity index (χ4n) is 1.31. The molecule has 0 N–H and O–H groups in total. The van der Waals surface area contributed by atoms with Crippen LogP contribution in [0.1, 0.15) is 5.56 Å². The second kappa shape index (κ2) is 3.42. The summed E-state index contributed by atoms with van der Waals surface area (Å²) in [5.74, 6) is 0.787. The lowest BCUT2D eigenvalue weighted by molar-refractivity contribution is 0.775. The minimum absolute atomic E-state index is 0.281. The van der Waals surface area contributed by atoms with E-state index in [0.717, 1.165) is 11.4 Å². The van der Waals surface area contributed by atoms with Gasteiger partial charge in [-0.05, 0) is 18.5 Å². The zero-order valence-corrected chi connectivity index (χ0v) is 8.78. The SMILES string of the molecule is Cc1ccc(-c2nc(Cl)nn2C)cc1. The first kappa shape index (κ1) is 9.21. The summed E-state index contributed by atoms with van der Waals surface area (Å²) in [6, 6.07) is 8.10. The number of aryl methyl sites for hydroxylation is 2. The molecule has 0 atom stereocenters. The van der Waals surface area contributed by atoms with Gasteiger partial charge >= 0.3 is 0 Å². The minimum atomic E-state index is 0.281. The van der Waals surface area contributed by atoms with E-state index >= 15 is 0 Å². The maximum atomic E-state index is 5.70. The Morgan fingerprint density at radius 3 is 2.36 bits per heavy atom. The first-order valence-electron chi connectivity index (χ1n) is 4.30. The van der Waals surface area contributed by atoms with E-state index in [4.69, 9.17) is 11.6 Å². The van der Waals surface area contributed by atoms with Gasteiger partial charge in [0.1, 0.15) is 0 Å². The van der Waals surface area contributed by atoms with Gasteiger partial charge in [-0.2, -0.15) is 4.98 Å². The molecule has 72 valence electrons. The Labute approximate surface area is 87.3 Å². The molecule has 0 fully saturated rings. The molecule has 0 saturated carbocycles. The third-order valence-corrected chi connectivity index (χ3v) is 2.21. The summed E-state index contributed by atoms with van der Waals surface area (Å²) in [5, 5.41) is 4.26. The molecular formula is C10H10ClN3. The van der Waals surface area contributed by atoms with Crippen molar-refractivity contribution in [2.75, 3.05) is 0 Å². The average molecular weight is 208 g/mol. The quantitative estimate of drug-likeness (QED) is 0.719. The summed E-state index contributed by atoms with van der Waals surface area (Å²) in [5.41, 5.74) is 2.25. The van der Waals surface area contributed by atoms with Gasteiger partial charge in [-0.25, -0.2) is 4.68 Å². The van der Waals surface area contributed by atoms with Crippen molar-refractivity contribution in [3.05, 3.63) is 35.1 Å². The van der Waals surface area contributed by atoms with Gasteiger partial charge in [-0.1, -0.05) is 29.8 Å². The molecule has 0 aliphatic heterocycles. The van der Waals surface area contributed by atoms with Crippen LogP contribution in [0, 0.1) is 6.92 Å². The normalized spacial score (nSPS) is 10.5. The van der Waals surface area contributed by atoms with Crippen molar-refractivity contribution in [1.82, 2.24) is 14.8 Å². The minimum Gasteiger partial charge on any atom is -0.247 e. The van der Waals surface area contributed by atoms with Gasteiger partial charge in [0.2, 0.25) is 5.28 Å². The van der Waals surface area contributed by atoms with Crippen molar-refractivity contribution in [3.8, 4) is 11.4 Å². The molecular weight excluding hydrogens is 198 g/mol. The molecule has 2 aromatic rings. The lowest BCUT2D eigenvalue weighted by Crippen LogP contribution is -1.94. The number of rotatable bonds is 1. The number of nitrogens with zero attached hydrogens (tertiary/aromatic N) is 3. The second-order valence-electron chi connectivity index (χ2n) is 3.19. The van der Waals surface area contributed by atoms with Crippen molar-refractivity contribution in [1.29, 1.82) is 0 Å². The predicted octanol–water partition coefficient (Wildman–Crippen LogP) is 2.44. The fourth-order valence-corrected chi connectivity index (χ4v) is 1.50. The summed E-state index contributed by atoms with van der Waals surface area (Å²) >= 11 is 5.70. The topological polar surface area (TPSA) is 30.7 Å². The molecule has 0 bridgehead atoms. The zero-order chi connectivity index (χ0) is 10.1. The van der Waals surface area contributed by atoms with Crippen LogP contribution in [0.25, 0.3) is 11.4 Å². The highest BCUT2D eigenvalue weighted by Crippen LogP contribution is 2.18. The van der Waals surface area contributed by atoms with Crippen LogP contribution in [0.3, 0.4) is 0 Å². The van der Waals surface area contributed by atoms with Gasteiger partial charge in [0.05, 0.1) is 0 Å². The number of hydrogen-bond acceptors (Lipinski definition) is 2. The number of aromatic nitrogens is 3. The van der Waals surface area contributed by atoms with Gasteiger partial charge in [0.15, 0.2) is 5.82 Å². The van der Waals surface area contributed by atoms with Gasteiger partial charge in [-0.15, -0.1) is 5.10 Å². The van der Waals surface area contributed by atoms with E-state index in [1.807, 2.05) is 38.2 Å². The van der Waals surface area contributed by atoms with E-state index in [-0.39, 0.29) is 5.28 Å². The van der Waals surface area contributed by atoms with Crippen LogP contribution in [-0.2, 0) is 7.05 Å². The van der Waals surface area contributed by atoms with Crippen LogP contribution in [0.2, 0.25) is 5.28 Å². The predicted molar refractivity (Wildman–Crippen MR) is 56.2 cm³/mol. The molecule has 0 saturated heterocycles. The zero-order valence-electron chi connectivity index (χ0n) is 8.03. The standard InChI is InChI=1S/C10H10ClN3/c1-7-3-5-8(6-4-7)9-12-10(11)13-14(9)2/h3-6H,1-2H3. The van der Waals surface area contributed by atoms with Crippen molar-refractivity contribution in [2.45, 2.75) is 6.92 Å². The Morgan fingerprint density at radius 2 is 1.86 bits per heavy atom. The maximum absolute atomic E-state index is 5.70. The van der Waals surface area contributed by atoms with Crippen LogP contribution >= 0.6 is 11.6 Å². The van der Waals surface area contributed by atoms with E-state index in [1.165, 1.54) is 5.56 Å². The van der Waals surface area contributed by atoms with Gasteiger partial charge in [0, 0.05) is 12.6 Å². The third-order valence-electron chi connectivity index (χ3n) is 2.05. The van der Waals surface area contributed by atoms with E-state index in [0.29, 0.717) is 0 Å². The Hall–Kier alpha value is -1.35. The summed E-state index contributed by atoms with van der Waals surface area (Å²) in [6.45, 7) is 2.05. The molecule has 4 heteroatoms. The van der Waals surface area contributed by atoms with Gasteiger partial charge in [-0.3, -0.25) is 0 Å². The summed E-state index contributed by atoms with van der Waals surface area (Å²) in [6.07, 6.45) is 0. The Kier molecular flexibility index (Phi) is 2.25. The number of benzene rings is 1. The molecule has 14 heavy (non-hydrogen) atoms. The monoisotopic (exact) mass is 207 g/mol. The molecule has 2 rings (SSSR count). The third kappa shape index (κ3) is 1.63. The van der Waals surface area contributed by atoms with Crippen LogP contribution in [-0.4, -0.2) is 14.8 Å². The van der Waals surface area contributed by atoms with Crippen LogP contribution in [0.15, 0.2) is 24.3 Å². The summed E-state index contributed by atoms with van der Waals surface area (Å²) < 4.78 is 1.67. The van der Waals surface area contributed by atoms with E-state index < -0.39 is 0 Å². The lowest BCUT2D eigenvalue weighted by Gasteiger charge is -1.99. The molecule has 0 aliphatic rings. The molecule has 0 spiro atoms. The molecule has 1 aromatic carbocycles. The molecule has 3 nitrogen and oxygen atoms in total. The molecule has 0 amide bonds. The molecule has 1 aromatic heterocycles. The van der Waals surface area contributed by atoms with Crippen molar-refractivity contribution in [3.63, 3.8) is 0 Å². The number of hydrogen-bond donors (Lipinski definition) is 0. The highest BCUT2D eigenvalue weighted by Gasteiger charge is 2.06. The highest BCUT2D eigenvalue weighted by atomic mass is 35.5. The molecule has 0 radical (unpaired) electrons. The Morgan fingerprint density at radius 1 is 1.21 bits per heavy atom. The Balaban J connectivity index is 2.49.